The Hall–Kier alpha value is -0.850. The van der Waals surface area contributed by atoms with Crippen molar-refractivity contribution in [2.24, 2.45) is 4.99 Å². The van der Waals surface area contributed by atoms with Crippen molar-refractivity contribution < 1.29 is 5.11 Å². The molecule has 1 fully saturated rings. The number of nitrogens with zero attached hydrogens (tertiary/aromatic N) is 3. The molecule has 1 heterocycles. The molecule has 154 valence electrons. The second-order valence-corrected chi connectivity index (χ2v) is 7.89. The summed E-state index contributed by atoms with van der Waals surface area (Å²) in [5, 5.41) is 16.4. The zero-order valence-corrected chi connectivity index (χ0v) is 17.8. The highest BCUT2D eigenvalue weighted by Crippen LogP contribution is 2.09. The van der Waals surface area contributed by atoms with E-state index in [1.54, 1.807) is 0 Å². The van der Waals surface area contributed by atoms with Crippen LogP contribution >= 0.6 is 0 Å². The molecule has 0 saturated carbocycles. The zero-order chi connectivity index (χ0) is 19.4. The van der Waals surface area contributed by atoms with Crippen LogP contribution in [0.3, 0.4) is 0 Å². The van der Waals surface area contributed by atoms with Crippen molar-refractivity contribution in [2.45, 2.75) is 78.5 Å². The molecule has 6 nitrogen and oxygen atoms in total. The average Bonchev–Trinajstić information content (AvgIpc) is 2.59. The summed E-state index contributed by atoms with van der Waals surface area (Å²) < 4.78 is 0. The van der Waals surface area contributed by atoms with E-state index in [1.165, 1.54) is 0 Å². The van der Waals surface area contributed by atoms with Crippen molar-refractivity contribution in [1.29, 1.82) is 0 Å². The topological polar surface area (TPSA) is 63.1 Å². The van der Waals surface area contributed by atoms with Gasteiger partial charge in [0, 0.05) is 51.4 Å². The van der Waals surface area contributed by atoms with Gasteiger partial charge in [-0.1, -0.05) is 0 Å². The monoisotopic (exact) mass is 369 g/mol. The van der Waals surface area contributed by atoms with Gasteiger partial charge in [-0.3, -0.25) is 9.89 Å². The first-order valence-electron chi connectivity index (χ1n) is 10.6. The molecule has 0 aromatic heterocycles. The maximum Gasteiger partial charge on any atom is 0.191 e. The minimum absolute atomic E-state index is 0.0841. The number of hydrogen-bond donors (Lipinski definition) is 3. The Morgan fingerprint density at radius 2 is 1.77 bits per heavy atom. The van der Waals surface area contributed by atoms with Crippen LogP contribution in [0.1, 0.15) is 60.3 Å². The van der Waals surface area contributed by atoms with Crippen LogP contribution in [0, 0.1) is 0 Å². The van der Waals surface area contributed by atoms with E-state index in [1.807, 2.05) is 0 Å². The summed E-state index contributed by atoms with van der Waals surface area (Å²) in [4.78, 5) is 9.69. The SMILES string of the molecule is CCNC(=NCCCN(C(C)C)C(C)C)NCCCN1CCC(O)CC1. The van der Waals surface area contributed by atoms with Crippen molar-refractivity contribution in [2.75, 3.05) is 45.8 Å². The van der Waals surface area contributed by atoms with Gasteiger partial charge in [0.2, 0.25) is 0 Å². The number of rotatable bonds is 11. The van der Waals surface area contributed by atoms with Crippen LogP contribution in [0.15, 0.2) is 4.99 Å². The van der Waals surface area contributed by atoms with Crippen LogP contribution in [-0.2, 0) is 0 Å². The molecule has 6 heteroatoms. The van der Waals surface area contributed by atoms with E-state index in [0.717, 1.165) is 77.5 Å². The van der Waals surface area contributed by atoms with Gasteiger partial charge in [0.05, 0.1) is 6.10 Å². The Balaban J connectivity index is 2.23. The van der Waals surface area contributed by atoms with Gasteiger partial charge < -0.3 is 20.6 Å². The van der Waals surface area contributed by atoms with Gasteiger partial charge in [-0.15, -0.1) is 0 Å². The molecule has 0 aromatic carbocycles. The maximum atomic E-state index is 9.56. The van der Waals surface area contributed by atoms with E-state index in [2.05, 4.69) is 55.1 Å². The second-order valence-electron chi connectivity index (χ2n) is 7.89. The maximum absolute atomic E-state index is 9.56. The van der Waals surface area contributed by atoms with Crippen LogP contribution in [0.25, 0.3) is 0 Å². The fraction of sp³-hybridized carbons (Fsp3) is 0.950. The van der Waals surface area contributed by atoms with E-state index in [9.17, 15) is 5.11 Å². The first-order valence-corrected chi connectivity index (χ1v) is 10.6. The largest absolute Gasteiger partial charge is 0.393 e. The smallest absolute Gasteiger partial charge is 0.191 e. The van der Waals surface area contributed by atoms with Gasteiger partial charge in [-0.25, -0.2) is 0 Å². The predicted octanol–water partition coefficient (Wildman–Crippen LogP) is 1.90. The van der Waals surface area contributed by atoms with Crippen LogP contribution in [0.4, 0.5) is 0 Å². The minimum Gasteiger partial charge on any atom is -0.393 e. The molecular weight excluding hydrogens is 326 g/mol. The molecule has 0 spiro atoms. The predicted molar refractivity (Wildman–Crippen MR) is 112 cm³/mol. The fourth-order valence-electron chi connectivity index (χ4n) is 3.55. The third-order valence-corrected chi connectivity index (χ3v) is 5.02. The average molecular weight is 370 g/mol. The van der Waals surface area contributed by atoms with Gasteiger partial charge >= 0.3 is 0 Å². The molecule has 0 bridgehead atoms. The van der Waals surface area contributed by atoms with E-state index in [0.29, 0.717) is 12.1 Å². The van der Waals surface area contributed by atoms with Crippen molar-refractivity contribution in [3.8, 4) is 0 Å². The second kappa shape index (κ2) is 13.3. The van der Waals surface area contributed by atoms with Crippen LogP contribution < -0.4 is 10.6 Å². The quantitative estimate of drug-likeness (QED) is 0.295. The summed E-state index contributed by atoms with van der Waals surface area (Å²) in [6.07, 6.45) is 3.94. The van der Waals surface area contributed by atoms with E-state index >= 15 is 0 Å². The molecule has 0 atom stereocenters. The number of likely N-dealkylation sites (tertiary alicyclic amines) is 1. The molecule has 0 aliphatic carbocycles. The molecule has 0 unspecified atom stereocenters. The first-order chi connectivity index (χ1) is 12.4. The Bertz CT molecular complexity index is 370. The summed E-state index contributed by atoms with van der Waals surface area (Å²) in [5.41, 5.74) is 0. The molecule has 1 saturated heterocycles. The lowest BCUT2D eigenvalue weighted by Gasteiger charge is -2.30. The Morgan fingerprint density at radius 1 is 1.12 bits per heavy atom. The van der Waals surface area contributed by atoms with Crippen molar-refractivity contribution in [1.82, 2.24) is 20.4 Å². The molecule has 0 radical (unpaired) electrons. The van der Waals surface area contributed by atoms with Gasteiger partial charge in [0.15, 0.2) is 5.96 Å². The molecule has 1 rings (SSSR count). The number of hydrogen-bond acceptors (Lipinski definition) is 4. The van der Waals surface area contributed by atoms with Crippen molar-refractivity contribution in [3.63, 3.8) is 0 Å². The highest BCUT2D eigenvalue weighted by Gasteiger charge is 2.16. The Morgan fingerprint density at radius 3 is 2.35 bits per heavy atom. The highest BCUT2D eigenvalue weighted by molar-refractivity contribution is 5.79. The molecule has 1 aliphatic rings. The lowest BCUT2D eigenvalue weighted by atomic mass is 10.1. The van der Waals surface area contributed by atoms with Gasteiger partial charge in [0.1, 0.15) is 0 Å². The summed E-state index contributed by atoms with van der Waals surface area (Å²) in [5.74, 6) is 0.933. The lowest BCUT2D eigenvalue weighted by molar-refractivity contribution is 0.0823. The summed E-state index contributed by atoms with van der Waals surface area (Å²) in [6.45, 7) is 18.1. The van der Waals surface area contributed by atoms with Crippen LogP contribution in [0.5, 0.6) is 0 Å². The molecule has 0 aromatic rings. The van der Waals surface area contributed by atoms with Crippen molar-refractivity contribution >= 4 is 5.96 Å². The molecule has 3 N–H and O–H groups in total. The van der Waals surface area contributed by atoms with E-state index in [4.69, 9.17) is 4.99 Å². The number of nitrogens with one attached hydrogen (secondary N) is 2. The standard InChI is InChI=1S/C20H43N5O/c1-6-21-20(23-12-8-14-25(17(2)3)18(4)5)22-11-7-13-24-15-9-19(26)10-16-24/h17-19,26H,6-16H2,1-5H3,(H2,21,22,23). The first kappa shape index (κ1) is 23.2. The van der Waals surface area contributed by atoms with E-state index in [-0.39, 0.29) is 6.10 Å². The highest BCUT2D eigenvalue weighted by atomic mass is 16.3. The molecule has 1 aliphatic heterocycles. The normalized spacial score (nSPS) is 17.5. The Kier molecular flexibility index (Phi) is 11.9. The van der Waals surface area contributed by atoms with Crippen LogP contribution in [0.2, 0.25) is 0 Å². The minimum atomic E-state index is -0.0841. The number of aliphatic hydroxyl groups is 1. The molecule has 26 heavy (non-hydrogen) atoms. The molecular formula is C20H43N5O. The summed E-state index contributed by atoms with van der Waals surface area (Å²) in [7, 11) is 0. The third kappa shape index (κ3) is 9.74. The lowest BCUT2D eigenvalue weighted by Crippen LogP contribution is -2.40. The summed E-state index contributed by atoms with van der Waals surface area (Å²) in [6, 6.07) is 1.17. The summed E-state index contributed by atoms with van der Waals surface area (Å²) >= 11 is 0. The zero-order valence-electron chi connectivity index (χ0n) is 17.8. The number of aliphatic imine (C=N–C) groups is 1. The number of piperidine rings is 1. The van der Waals surface area contributed by atoms with Crippen LogP contribution in [-0.4, -0.2) is 84.9 Å². The third-order valence-electron chi connectivity index (χ3n) is 5.02. The molecule has 0 amide bonds. The van der Waals surface area contributed by atoms with E-state index < -0.39 is 0 Å². The number of aliphatic hydroxyl groups excluding tert-OH is 1. The number of guanidine groups is 1. The van der Waals surface area contributed by atoms with Gasteiger partial charge in [-0.05, 0) is 66.8 Å². The Labute approximate surface area is 161 Å². The van der Waals surface area contributed by atoms with Gasteiger partial charge in [0.25, 0.3) is 0 Å². The fourth-order valence-corrected chi connectivity index (χ4v) is 3.55. The van der Waals surface area contributed by atoms with Gasteiger partial charge in [-0.2, -0.15) is 0 Å². The van der Waals surface area contributed by atoms with Crippen molar-refractivity contribution in [3.05, 3.63) is 0 Å².